The van der Waals surface area contributed by atoms with Gasteiger partial charge in [0.25, 0.3) is 0 Å². The van der Waals surface area contributed by atoms with Crippen LogP contribution in [0.2, 0.25) is 0 Å². The first-order chi connectivity index (χ1) is 15.0. The molecule has 0 amide bonds. The van der Waals surface area contributed by atoms with Crippen LogP contribution in [0.4, 0.5) is 0 Å². The number of carboxylic acid groups (broad SMARTS) is 1. The van der Waals surface area contributed by atoms with Gasteiger partial charge in [-0.2, -0.15) is 0 Å². The fraction of sp³-hybridized carbons (Fsp3) is 0.583. The number of hydrogen-bond acceptors (Lipinski definition) is 6. The van der Waals surface area contributed by atoms with Crippen LogP contribution in [-0.4, -0.2) is 47.6 Å². The molecule has 1 saturated carbocycles. The van der Waals surface area contributed by atoms with Crippen molar-refractivity contribution in [2.24, 2.45) is 0 Å². The second-order valence-electron chi connectivity index (χ2n) is 7.89. The molecule has 0 saturated heterocycles. The Hall–Kier alpha value is -2.22. The second-order valence-corrected chi connectivity index (χ2v) is 7.89. The van der Waals surface area contributed by atoms with Gasteiger partial charge in [-0.3, -0.25) is 0 Å². The van der Waals surface area contributed by atoms with Crippen LogP contribution in [0.15, 0.2) is 28.7 Å². The van der Waals surface area contributed by atoms with Crippen LogP contribution in [0.1, 0.15) is 56.5 Å². The predicted molar refractivity (Wildman–Crippen MR) is 116 cm³/mol. The Bertz CT molecular complexity index is 848. The maximum absolute atomic E-state index is 11.2. The molecular formula is C24H33NO6. The summed E-state index contributed by atoms with van der Waals surface area (Å²) in [5.74, 6) is 0.491. The highest BCUT2D eigenvalue weighted by molar-refractivity contribution is 5.72. The number of rotatable bonds is 11. The minimum absolute atomic E-state index is 0.0217. The van der Waals surface area contributed by atoms with Crippen molar-refractivity contribution in [3.05, 3.63) is 41.3 Å². The number of aryl methyl sites for hydroxylation is 2. The molecule has 31 heavy (non-hydrogen) atoms. The second kappa shape index (κ2) is 11.4. The molecule has 1 fully saturated rings. The zero-order chi connectivity index (χ0) is 22.2. The highest BCUT2D eigenvalue weighted by atomic mass is 16.6. The number of nitrogens with zero attached hydrogens (tertiary/aromatic N) is 1. The van der Waals surface area contributed by atoms with Gasteiger partial charge < -0.3 is 23.7 Å². The zero-order valence-corrected chi connectivity index (χ0v) is 18.6. The molecule has 0 radical (unpaired) electrons. The average molecular weight is 432 g/mol. The van der Waals surface area contributed by atoms with Gasteiger partial charge in [-0.1, -0.05) is 25.1 Å². The van der Waals surface area contributed by atoms with Crippen molar-refractivity contribution in [1.29, 1.82) is 0 Å². The minimum atomic E-state index is -0.993. The smallest absolute Gasteiger partial charge is 0.335 e. The molecule has 0 aliphatic heterocycles. The maximum Gasteiger partial charge on any atom is 0.335 e. The molecule has 3 rings (SSSR count). The molecule has 7 heteroatoms. The summed E-state index contributed by atoms with van der Waals surface area (Å²) in [6.45, 7) is 6.67. The van der Waals surface area contributed by atoms with E-state index in [1.807, 2.05) is 38.1 Å². The van der Waals surface area contributed by atoms with E-state index in [2.05, 4.69) is 0 Å². The fourth-order valence-corrected chi connectivity index (χ4v) is 3.92. The highest BCUT2D eigenvalue weighted by Crippen LogP contribution is 2.28. The summed E-state index contributed by atoms with van der Waals surface area (Å²) in [7, 11) is 0. The SMILES string of the molecule is CCOC(CO[C@@H]1CCC[C@H](OCc2nc(-c3ccccc3C)oc2CC)C1)C(=O)O. The number of carboxylic acids is 1. The van der Waals surface area contributed by atoms with Gasteiger partial charge >= 0.3 is 5.97 Å². The molecule has 1 unspecified atom stereocenters. The highest BCUT2D eigenvalue weighted by Gasteiger charge is 2.26. The molecule has 1 aromatic heterocycles. The summed E-state index contributed by atoms with van der Waals surface area (Å²) < 4.78 is 23.3. The monoisotopic (exact) mass is 431 g/mol. The van der Waals surface area contributed by atoms with Crippen molar-refractivity contribution in [1.82, 2.24) is 4.98 Å². The van der Waals surface area contributed by atoms with E-state index in [9.17, 15) is 9.90 Å². The van der Waals surface area contributed by atoms with Gasteiger partial charge in [0.15, 0.2) is 6.10 Å². The number of oxazole rings is 1. The molecule has 1 aliphatic rings. The number of carbonyl (C=O) groups is 1. The molecule has 3 atom stereocenters. The first kappa shape index (κ1) is 23.4. The van der Waals surface area contributed by atoms with Crippen molar-refractivity contribution >= 4 is 5.97 Å². The standard InChI is InChI=1S/C24H33NO6/c1-4-21-20(25-23(31-21)19-12-7-6-9-16(19)3)14-29-17-10-8-11-18(13-17)30-15-22(24(26)27)28-5-2/h6-7,9,12,17-18,22H,4-5,8,10-11,13-15H2,1-3H3,(H,26,27)/t17-,18+,22?/m0/s1. The Morgan fingerprint density at radius 3 is 2.65 bits per heavy atom. The molecule has 170 valence electrons. The average Bonchev–Trinajstić information content (AvgIpc) is 3.18. The van der Waals surface area contributed by atoms with E-state index >= 15 is 0 Å². The molecular weight excluding hydrogens is 398 g/mol. The third kappa shape index (κ3) is 6.38. The molecule has 1 heterocycles. The summed E-state index contributed by atoms with van der Waals surface area (Å²) in [5, 5.41) is 9.20. The van der Waals surface area contributed by atoms with Gasteiger partial charge in [-0.25, -0.2) is 9.78 Å². The summed E-state index contributed by atoms with van der Waals surface area (Å²) in [6.07, 6.45) is 3.44. The summed E-state index contributed by atoms with van der Waals surface area (Å²) in [6, 6.07) is 8.04. The molecule has 1 aliphatic carbocycles. The molecule has 0 bridgehead atoms. The van der Waals surface area contributed by atoms with E-state index in [0.29, 0.717) is 19.1 Å². The largest absolute Gasteiger partial charge is 0.479 e. The number of benzene rings is 1. The quantitative estimate of drug-likeness (QED) is 0.558. The molecule has 7 nitrogen and oxygen atoms in total. The van der Waals surface area contributed by atoms with Crippen LogP contribution in [0.5, 0.6) is 0 Å². The predicted octanol–water partition coefficient (Wildman–Crippen LogP) is 4.55. The molecule has 2 aromatic rings. The van der Waals surface area contributed by atoms with Crippen LogP contribution in [0.25, 0.3) is 11.5 Å². The van der Waals surface area contributed by atoms with E-state index in [4.69, 9.17) is 23.6 Å². The van der Waals surface area contributed by atoms with Crippen LogP contribution in [0, 0.1) is 6.92 Å². The molecule has 1 aromatic carbocycles. The molecule has 1 N–H and O–H groups in total. The number of hydrogen-bond donors (Lipinski definition) is 1. The number of aliphatic carboxylic acids is 1. The van der Waals surface area contributed by atoms with E-state index in [0.717, 1.165) is 54.7 Å². The van der Waals surface area contributed by atoms with E-state index in [1.54, 1.807) is 6.92 Å². The zero-order valence-electron chi connectivity index (χ0n) is 18.6. The molecule has 0 spiro atoms. The summed E-state index contributed by atoms with van der Waals surface area (Å²) in [5.41, 5.74) is 2.96. The van der Waals surface area contributed by atoms with Gasteiger partial charge in [-0.05, 0) is 51.2 Å². The summed E-state index contributed by atoms with van der Waals surface area (Å²) in [4.78, 5) is 15.9. The Labute approximate surface area is 183 Å². The van der Waals surface area contributed by atoms with Gasteiger partial charge in [0.2, 0.25) is 5.89 Å². The normalized spacial score (nSPS) is 20.0. The van der Waals surface area contributed by atoms with Crippen LogP contribution in [0.3, 0.4) is 0 Å². The Morgan fingerprint density at radius 1 is 1.23 bits per heavy atom. The van der Waals surface area contributed by atoms with Crippen molar-refractivity contribution in [3.63, 3.8) is 0 Å². The van der Waals surface area contributed by atoms with Crippen molar-refractivity contribution in [3.8, 4) is 11.5 Å². The lowest BCUT2D eigenvalue weighted by Crippen LogP contribution is -2.34. The summed E-state index contributed by atoms with van der Waals surface area (Å²) >= 11 is 0. The lowest BCUT2D eigenvalue weighted by atomic mass is 9.95. The third-order valence-electron chi connectivity index (χ3n) is 5.64. The maximum atomic E-state index is 11.2. The Kier molecular flexibility index (Phi) is 8.63. The first-order valence-electron chi connectivity index (χ1n) is 11.1. The van der Waals surface area contributed by atoms with E-state index < -0.39 is 12.1 Å². The Balaban J connectivity index is 1.56. The van der Waals surface area contributed by atoms with E-state index in [1.165, 1.54) is 0 Å². The van der Waals surface area contributed by atoms with Gasteiger partial charge in [0.1, 0.15) is 11.5 Å². The number of aromatic nitrogens is 1. The lowest BCUT2D eigenvalue weighted by Gasteiger charge is -2.29. The van der Waals surface area contributed by atoms with Gasteiger partial charge in [-0.15, -0.1) is 0 Å². The number of ether oxygens (including phenoxy) is 3. The van der Waals surface area contributed by atoms with Crippen molar-refractivity contribution in [2.45, 2.75) is 77.8 Å². The minimum Gasteiger partial charge on any atom is -0.479 e. The first-order valence-corrected chi connectivity index (χ1v) is 11.1. The van der Waals surface area contributed by atoms with E-state index in [-0.39, 0.29) is 18.8 Å². The van der Waals surface area contributed by atoms with Crippen LogP contribution < -0.4 is 0 Å². The van der Waals surface area contributed by atoms with Crippen LogP contribution in [-0.2, 0) is 32.0 Å². The lowest BCUT2D eigenvalue weighted by molar-refractivity contribution is -0.157. The van der Waals surface area contributed by atoms with Crippen molar-refractivity contribution < 1.29 is 28.5 Å². The van der Waals surface area contributed by atoms with Crippen molar-refractivity contribution in [2.75, 3.05) is 13.2 Å². The fourth-order valence-electron chi connectivity index (χ4n) is 3.92. The van der Waals surface area contributed by atoms with Gasteiger partial charge in [0, 0.05) is 18.6 Å². The van der Waals surface area contributed by atoms with Gasteiger partial charge in [0.05, 0.1) is 25.4 Å². The Morgan fingerprint density at radius 2 is 1.97 bits per heavy atom. The third-order valence-corrected chi connectivity index (χ3v) is 5.64. The topological polar surface area (TPSA) is 91.0 Å². The van der Waals surface area contributed by atoms with Crippen LogP contribution >= 0.6 is 0 Å².